The molecule has 1 aliphatic heterocycles. The van der Waals surface area contributed by atoms with Crippen molar-refractivity contribution in [2.45, 2.75) is 6.42 Å². The molecule has 1 heterocycles. The minimum absolute atomic E-state index is 0.0541. The normalized spacial score (nSPS) is 18.6. The molecule has 1 fully saturated rings. The van der Waals surface area contributed by atoms with Crippen LogP contribution in [0.3, 0.4) is 0 Å². The molecule has 19 heavy (non-hydrogen) atoms. The number of carbonyl (C=O) groups excluding carboxylic acids is 1. The maximum absolute atomic E-state index is 13.0. The molecule has 1 saturated heterocycles. The summed E-state index contributed by atoms with van der Waals surface area (Å²) in [6.07, 6.45) is 0.867. The zero-order valence-corrected chi connectivity index (χ0v) is 11.6. The second-order valence-corrected chi connectivity index (χ2v) is 5.13. The van der Waals surface area contributed by atoms with E-state index in [0.29, 0.717) is 19.0 Å². The van der Waals surface area contributed by atoms with Crippen LogP contribution in [0.15, 0.2) is 18.2 Å². The van der Waals surface area contributed by atoms with Crippen LogP contribution in [-0.2, 0) is 0 Å². The molecule has 1 aliphatic rings. The van der Waals surface area contributed by atoms with Crippen LogP contribution in [0.5, 0.6) is 0 Å². The predicted octanol–water partition coefficient (Wildman–Crippen LogP) is 2.59. The number of halogens is 2. The molecular weight excluding hydrogens is 319 g/mol. The van der Waals surface area contributed by atoms with Crippen LogP contribution in [0, 0.1) is 21.8 Å². The number of amides is 1. The highest BCUT2D eigenvalue weighted by molar-refractivity contribution is 9.09. The van der Waals surface area contributed by atoms with Gasteiger partial charge in [-0.3, -0.25) is 14.9 Å². The minimum Gasteiger partial charge on any atom is -0.338 e. The summed E-state index contributed by atoms with van der Waals surface area (Å²) in [5.41, 5.74) is -0.533. The van der Waals surface area contributed by atoms with Crippen LogP contribution in [0.2, 0.25) is 0 Å². The Bertz CT molecular complexity index is 524. The smallest absolute Gasteiger partial charge is 0.285 e. The van der Waals surface area contributed by atoms with Crippen molar-refractivity contribution in [3.63, 3.8) is 0 Å². The van der Waals surface area contributed by atoms with Crippen molar-refractivity contribution >= 4 is 27.5 Å². The molecule has 1 aromatic carbocycles. The van der Waals surface area contributed by atoms with Crippen LogP contribution >= 0.6 is 15.9 Å². The first-order chi connectivity index (χ1) is 9.02. The molecule has 0 radical (unpaired) electrons. The predicted molar refractivity (Wildman–Crippen MR) is 70.9 cm³/mol. The van der Waals surface area contributed by atoms with Crippen molar-refractivity contribution in [2.24, 2.45) is 5.92 Å². The van der Waals surface area contributed by atoms with Gasteiger partial charge in [-0.25, -0.2) is 4.39 Å². The van der Waals surface area contributed by atoms with Gasteiger partial charge in [-0.1, -0.05) is 15.9 Å². The summed E-state index contributed by atoms with van der Waals surface area (Å²) < 4.78 is 13.0. The molecule has 7 heteroatoms. The van der Waals surface area contributed by atoms with E-state index in [2.05, 4.69) is 15.9 Å². The average Bonchev–Trinajstić information content (AvgIpc) is 2.86. The Balaban J connectivity index is 2.27. The number of nitro benzene ring substituents is 1. The van der Waals surface area contributed by atoms with Crippen molar-refractivity contribution in [1.82, 2.24) is 4.90 Å². The molecule has 0 N–H and O–H groups in total. The summed E-state index contributed by atoms with van der Waals surface area (Å²) >= 11 is 3.36. The SMILES string of the molecule is O=C(c1ccc(F)cc1[N+](=O)[O-])N1CCC(CBr)C1. The largest absolute Gasteiger partial charge is 0.338 e. The van der Waals surface area contributed by atoms with Gasteiger partial charge in [-0.05, 0) is 24.5 Å². The average molecular weight is 331 g/mol. The van der Waals surface area contributed by atoms with E-state index in [-0.39, 0.29) is 5.56 Å². The standard InChI is InChI=1S/C12H12BrFN2O3/c13-6-8-3-4-15(7-8)12(17)10-2-1-9(14)5-11(10)16(18)19/h1-2,5,8H,3-4,6-7H2. The second-order valence-electron chi connectivity index (χ2n) is 4.48. The lowest BCUT2D eigenvalue weighted by Crippen LogP contribution is -2.29. The number of alkyl halides is 1. The van der Waals surface area contributed by atoms with Gasteiger partial charge >= 0.3 is 0 Å². The summed E-state index contributed by atoms with van der Waals surface area (Å²) in [7, 11) is 0. The highest BCUT2D eigenvalue weighted by atomic mass is 79.9. The van der Waals surface area contributed by atoms with Gasteiger partial charge in [0.1, 0.15) is 11.4 Å². The van der Waals surface area contributed by atoms with Crippen molar-refractivity contribution in [2.75, 3.05) is 18.4 Å². The second kappa shape index (κ2) is 5.64. The van der Waals surface area contributed by atoms with Gasteiger partial charge in [-0.2, -0.15) is 0 Å². The fourth-order valence-electron chi connectivity index (χ4n) is 2.15. The number of hydrogen-bond donors (Lipinski definition) is 0. The zero-order valence-electron chi connectivity index (χ0n) is 10.0. The molecule has 1 amide bonds. The maximum atomic E-state index is 13.0. The Morgan fingerprint density at radius 1 is 1.58 bits per heavy atom. The molecular formula is C12H12BrFN2O3. The molecule has 1 aromatic rings. The molecule has 0 aliphatic carbocycles. The Morgan fingerprint density at radius 3 is 2.89 bits per heavy atom. The maximum Gasteiger partial charge on any atom is 0.285 e. The number of hydrogen-bond acceptors (Lipinski definition) is 3. The van der Waals surface area contributed by atoms with Gasteiger partial charge in [0.15, 0.2) is 0 Å². The third kappa shape index (κ3) is 2.91. The van der Waals surface area contributed by atoms with Crippen molar-refractivity contribution in [3.05, 3.63) is 39.7 Å². The summed E-state index contributed by atoms with van der Waals surface area (Å²) in [6, 6.07) is 3.03. The topological polar surface area (TPSA) is 63.4 Å². The molecule has 0 spiro atoms. The molecule has 0 saturated carbocycles. The van der Waals surface area contributed by atoms with E-state index in [1.54, 1.807) is 4.90 Å². The number of nitrogens with zero attached hydrogens (tertiary/aromatic N) is 2. The first-order valence-corrected chi connectivity index (χ1v) is 6.94. The molecule has 0 bridgehead atoms. The highest BCUT2D eigenvalue weighted by Gasteiger charge is 2.30. The Kier molecular flexibility index (Phi) is 4.14. The van der Waals surface area contributed by atoms with Crippen molar-refractivity contribution < 1.29 is 14.1 Å². The monoisotopic (exact) mass is 330 g/mol. The number of rotatable bonds is 3. The third-order valence-corrected chi connectivity index (χ3v) is 4.09. The fraction of sp³-hybridized carbons (Fsp3) is 0.417. The van der Waals surface area contributed by atoms with Gasteiger partial charge in [-0.15, -0.1) is 0 Å². The molecule has 1 atom stereocenters. The van der Waals surface area contributed by atoms with Crippen LogP contribution in [0.25, 0.3) is 0 Å². The first kappa shape index (κ1) is 13.9. The number of carbonyl (C=O) groups is 1. The zero-order chi connectivity index (χ0) is 14.0. The van der Waals surface area contributed by atoms with Crippen LogP contribution in [0.4, 0.5) is 10.1 Å². The van der Waals surface area contributed by atoms with Gasteiger partial charge in [0.25, 0.3) is 11.6 Å². The quantitative estimate of drug-likeness (QED) is 0.486. The first-order valence-electron chi connectivity index (χ1n) is 5.82. The minimum atomic E-state index is -0.728. The summed E-state index contributed by atoms with van der Waals surface area (Å²) in [6.45, 7) is 1.14. The number of nitro groups is 1. The van der Waals surface area contributed by atoms with E-state index in [4.69, 9.17) is 0 Å². The van der Waals surface area contributed by atoms with E-state index in [1.807, 2.05) is 0 Å². The third-order valence-electron chi connectivity index (χ3n) is 3.18. The van der Waals surface area contributed by atoms with E-state index in [9.17, 15) is 19.3 Å². The van der Waals surface area contributed by atoms with Gasteiger partial charge in [0, 0.05) is 18.4 Å². The lowest BCUT2D eigenvalue weighted by atomic mass is 10.1. The Labute approximate surface area is 117 Å². The van der Waals surface area contributed by atoms with Crippen LogP contribution < -0.4 is 0 Å². The van der Waals surface area contributed by atoms with Crippen molar-refractivity contribution in [3.8, 4) is 0 Å². The molecule has 102 valence electrons. The molecule has 2 rings (SSSR count). The number of benzene rings is 1. The Hall–Kier alpha value is -1.50. The van der Waals surface area contributed by atoms with Gasteiger partial charge < -0.3 is 4.90 Å². The van der Waals surface area contributed by atoms with Gasteiger partial charge in [0.05, 0.1) is 11.0 Å². The fourth-order valence-corrected chi connectivity index (χ4v) is 2.68. The molecule has 5 nitrogen and oxygen atoms in total. The van der Waals surface area contributed by atoms with Crippen molar-refractivity contribution in [1.29, 1.82) is 0 Å². The number of likely N-dealkylation sites (tertiary alicyclic amines) is 1. The van der Waals surface area contributed by atoms with E-state index in [1.165, 1.54) is 6.07 Å². The van der Waals surface area contributed by atoms with E-state index >= 15 is 0 Å². The Morgan fingerprint density at radius 2 is 2.32 bits per heavy atom. The lowest BCUT2D eigenvalue weighted by molar-refractivity contribution is -0.385. The summed E-state index contributed by atoms with van der Waals surface area (Å²) in [5, 5.41) is 11.7. The molecule has 0 aromatic heterocycles. The summed E-state index contributed by atoms with van der Waals surface area (Å²) in [4.78, 5) is 24.0. The van der Waals surface area contributed by atoms with Crippen LogP contribution in [0.1, 0.15) is 16.8 Å². The van der Waals surface area contributed by atoms with E-state index in [0.717, 1.165) is 23.9 Å². The van der Waals surface area contributed by atoms with Crippen LogP contribution in [-0.4, -0.2) is 34.2 Å². The lowest BCUT2D eigenvalue weighted by Gasteiger charge is -2.16. The summed E-state index contributed by atoms with van der Waals surface area (Å²) in [5.74, 6) is -0.762. The van der Waals surface area contributed by atoms with E-state index < -0.39 is 22.3 Å². The van der Waals surface area contributed by atoms with Gasteiger partial charge in [0.2, 0.25) is 0 Å². The highest BCUT2D eigenvalue weighted by Crippen LogP contribution is 2.25. The molecule has 1 unspecified atom stereocenters.